The molecule has 1 rings (SSSR count). The van der Waals surface area contributed by atoms with E-state index in [1.165, 1.54) is 0 Å². The van der Waals surface area contributed by atoms with E-state index < -0.39 is 0 Å². The third-order valence-electron chi connectivity index (χ3n) is 2.37. The van der Waals surface area contributed by atoms with Gasteiger partial charge in [0.15, 0.2) is 0 Å². The maximum Gasteiger partial charge on any atom is 0.239 e. The highest BCUT2D eigenvalue weighted by Gasteiger charge is 2.08. The Kier molecular flexibility index (Phi) is 6.33. The number of methoxy groups -OCH3 is 1. The topological polar surface area (TPSA) is 74.2 Å². The summed E-state index contributed by atoms with van der Waals surface area (Å²) in [5.74, 6) is -0.145. The van der Waals surface area contributed by atoms with E-state index in [9.17, 15) is 4.79 Å². The van der Waals surface area contributed by atoms with Crippen LogP contribution in [0.1, 0.15) is 12.5 Å². The summed E-state index contributed by atoms with van der Waals surface area (Å²) in [5, 5.41) is 14.7. The van der Waals surface area contributed by atoms with Crippen molar-refractivity contribution in [1.29, 1.82) is 5.26 Å². The number of benzene rings is 1. The van der Waals surface area contributed by atoms with Gasteiger partial charge >= 0.3 is 0 Å². The maximum atomic E-state index is 11.7. The van der Waals surface area contributed by atoms with Gasteiger partial charge in [-0.2, -0.15) is 5.26 Å². The number of nitrogens with zero attached hydrogens (tertiary/aromatic N) is 1. The van der Waals surface area contributed by atoms with E-state index in [1.54, 1.807) is 25.3 Å². The molecule has 19 heavy (non-hydrogen) atoms. The first-order valence-electron chi connectivity index (χ1n) is 5.78. The molecule has 0 fully saturated rings. The molecule has 0 bridgehead atoms. The van der Waals surface area contributed by atoms with E-state index in [4.69, 9.17) is 10.00 Å². The Morgan fingerprint density at radius 3 is 2.95 bits per heavy atom. The third-order valence-corrected chi connectivity index (χ3v) is 2.86. The summed E-state index contributed by atoms with van der Waals surface area (Å²) in [6.07, 6.45) is 0. The summed E-state index contributed by atoms with van der Waals surface area (Å²) in [5.41, 5.74) is 1.13. The number of hydrogen-bond donors (Lipinski definition) is 2. The van der Waals surface area contributed by atoms with Gasteiger partial charge in [0, 0.05) is 17.6 Å². The van der Waals surface area contributed by atoms with Gasteiger partial charge in [0.2, 0.25) is 5.91 Å². The molecule has 1 aromatic rings. The van der Waals surface area contributed by atoms with Crippen LogP contribution in [-0.2, 0) is 9.53 Å². The van der Waals surface area contributed by atoms with E-state index in [-0.39, 0.29) is 18.5 Å². The monoisotopic (exact) mass is 325 g/mol. The summed E-state index contributed by atoms with van der Waals surface area (Å²) in [6, 6.07) is 7.27. The van der Waals surface area contributed by atoms with Gasteiger partial charge in [-0.1, -0.05) is 15.9 Å². The van der Waals surface area contributed by atoms with Crippen LogP contribution in [-0.4, -0.2) is 32.2 Å². The zero-order valence-corrected chi connectivity index (χ0v) is 12.5. The molecule has 0 aromatic heterocycles. The zero-order chi connectivity index (χ0) is 14.3. The van der Waals surface area contributed by atoms with Crippen LogP contribution in [0.25, 0.3) is 0 Å². The van der Waals surface area contributed by atoms with Gasteiger partial charge in [-0.15, -0.1) is 0 Å². The number of anilines is 1. The van der Waals surface area contributed by atoms with Crippen LogP contribution >= 0.6 is 15.9 Å². The minimum absolute atomic E-state index is 0.0442. The van der Waals surface area contributed by atoms with Crippen molar-refractivity contribution in [2.75, 3.05) is 25.6 Å². The molecule has 0 saturated heterocycles. The highest BCUT2D eigenvalue weighted by molar-refractivity contribution is 9.10. The Labute approximate surface area is 121 Å². The van der Waals surface area contributed by atoms with Crippen molar-refractivity contribution in [3.05, 3.63) is 28.2 Å². The summed E-state index contributed by atoms with van der Waals surface area (Å²) < 4.78 is 5.78. The van der Waals surface area contributed by atoms with Gasteiger partial charge in [0.25, 0.3) is 0 Å². The number of ether oxygens (including phenoxy) is 1. The second kappa shape index (κ2) is 7.77. The molecular weight excluding hydrogens is 310 g/mol. The number of nitriles is 1. The smallest absolute Gasteiger partial charge is 0.239 e. The maximum absolute atomic E-state index is 11.7. The number of carbonyl (C=O) groups is 1. The van der Waals surface area contributed by atoms with Crippen molar-refractivity contribution in [3.63, 3.8) is 0 Å². The van der Waals surface area contributed by atoms with Crippen LogP contribution in [0, 0.1) is 11.3 Å². The molecule has 0 aliphatic rings. The molecule has 0 radical (unpaired) electrons. The number of carbonyl (C=O) groups excluding carboxylic acids is 1. The molecule has 0 aliphatic heterocycles. The zero-order valence-electron chi connectivity index (χ0n) is 10.9. The lowest BCUT2D eigenvalue weighted by Gasteiger charge is -2.14. The Morgan fingerprint density at radius 2 is 2.32 bits per heavy atom. The van der Waals surface area contributed by atoms with Gasteiger partial charge in [0.05, 0.1) is 24.4 Å². The fourth-order valence-corrected chi connectivity index (χ4v) is 1.91. The van der Waals surface area contributed by atoms with Crippen LogP contribution in [0.2, 0.25) is 0 Å². The van der Waals surface area contributed by atoms with Crippen molar-refractivity contribution >= 4 is 27.5 Å². The van der Waals surface area contributed by atoms with Crippen molar-refractivity contribution in [2.45, 2.75) is 13.0 Å². The molecule has 0 aliphatic carbocycles. The van der Waals surface area contributed by atoms with Crippen LogP contribution in [0.5, 0.6) is 0 Å². The van der Waals surface area contributed by atoms with Crippen LogP contribution in [0.4, 0.5) is 5.69 Å². The molecule has 0 spiro atoms. The molecule has 6 heteroatoms. The fraction of sp³-hybridized carbons (Fsp3) is 0.385. The molecule has 1 aromatic carbocycles. The normalized spacial score (nSPS) is 11.5. The first kappa shape index (κ1) is 15.5. The quantitative estimate of drug-likeness (QED) is 0.837. The van der Waals surface area contributed by atoms with E-state index in [1.807, 2.05) is 6.92 Å². The summed E-state index contributed by atoms with van der Waals surface area (Å²) in [6.45, 7) is 2.44. The van der Waals surface area contributed by atoms with Crippen molar-refractivity contribution in [3.8, 4) is 6.07 Å². The molecule has 1 amide bonds. The Morgan fingerprint density at radius 1 is 1.58 bits per heavy atom. The highest BCUT2D eigenvalue weighted by Crippen LogP contribution is 2.20. The second-order valence-electron chi connectivity index (χ2n) is 4.08. The first-order chi connectivity index (χ1) is 9.06. The highest BCUT2D eigenvalue weighted by atomic mass is 79.9. The Hall–Kier alpha value is -1.58. The van der Waals surface area contributed by atoms with Gasteiger partial charge in [-0.05, 0) is 25.1 Å². The van der Waals surface area contributed by atoms with E-state index >= 15 is 0 Å². The summed E-state index contributed by atoms with van der Waals surface area (Å²) >= 11 is 3.33. The minimum atomic E-state index is -0.145. The molecular formula is C13H16BrN3O2. The summed E-state index contributed by atoms with van der Waals surface area (Å²) in [7, 11) is 1.58. The lowest BCUT2D eigenvalue weighted by molar-refractivity contribution is -0.120. The summed E-state index contributed by atoms with van der Waals surface area (Å²) in [4.78, 5) is 11.7. The lowest BCUT2D eigenvalue weighted by atomic mass is 10.2. The van der Waals surface area contributed by atoms with Crippen molar-refractivity contribution < 1.29 is 9.53 Å². The number of hydrogen-bond acceptors (Lipinski definition) is 4. The Balaban J connectivity index is 2.55. The minimum Gasteiger partial charge on any atom is -0.383 e. The van der Waals surface area contributed by atoms with Crippen LogP contribution in [0.15, 0.2) is 22.7 Å². The molecule has 102 valence electrons. The average Bonchev–Trinajstić information content (AvgIpc) is 2.36. The largest absolute Gasteiger partial charge is 0.383 e. The Bertz CT molecular complexity index is 485. The van der Waals surface area contributed by atoms with Gasteiger partial charge in [-0.25, -0.2) is 0 Å². The molecule has 1 atom stereocenters. The third kappa shape index (κ3) is 5.28. The lowest BCUT2D eigenvalue weighted by Crippen LogP contribution is -2.39. The van der Waals surface area contributed by atoms with Gasteiger partial charge < -0.3 is 15.4 Å². The SMILES string of the molecule is COCC(C)NC(=O)CNc1cc(Br)ccc1C#N. The van der Waals surface area contributed by atoms with Crippen molar-refractivity contribution in [1.82, 2.24) is 5.32 Å². The van der Waals surface area contributed by atoms with Crippen LogP contribution < -0.4 is 10.6 Å². The molecule has 0 heterocycles. The van der Waals surface area contributed by atoms with Gasteiger partial charge in [0.1, 0.15) is 6.07 Å². The van der Waals surface area contributed by atoms with Crippen molar-refractivity contribution in [2.24, 2.45) is 0 Å². The van der Waals surface area contributed by atoms with E-state index in [0.717, 1.165) is 4.47 Å². The molecule has 2 N–H and O–H groups in total. The second-order valence-corrected chi connectivity index (χ2v) is 4.99. The molecule has 5 nitrogen and oxygen atoms in total. The average molecular weight is 326 g/mol. The fourth-order valence-electron chi connectivity index (χ4n) is 1.55. The van der Waals surface area contributed by atoms with E-state index in [0.29, 0.717) is 17.9 Å². The predicted molar refractivity (Wildman–Crippen MR) is 76.8 cm³/mol. The molecule has 1 unspecified atom stereocenters. The van der Waals surface area contributed by atoms with Gasteiger partial charge in [-0.3, -0.25) is 4.79 Å². The first-order valence-corrected chi connectivity index (χ1v) is 6.58. The molecule has 0 saturated carbocycles. The number of halogens is 1. The van der Waals surface area contributed by atoms with Crippen LogP contribution in [0.3, 0.4) is 0 Å². The van der Waals surface area contributed by atoms with E-state index in [2.05, 4.69) is 32.6 Å². The number of amides is 1. The number of nitrogens with one attached hydrogen (secondary N) is 2. The standard InChI is InChI=1S/C13H16BrN3O2/c1-9(8-19-2)17-13(18)7-16-12-5-11(14)4-3-10(12)6-15/h3-5,9,16H,7-8H2,1-2H3,(H,17,18). The number of rotatable bonds is 6. The predicted octanol–water partition coefficient (Wildman–Crippen LogP) is 1.88.